The first-order valence-electron chi connectivity index (χ1n) is 21.6. The predicted molar refractivity (Wildman–Crippen MR) is 217 cm³/mol. The Labute approximate surface area is 336 Å². The Morgan fingerprint density at radius 1 is 0.536 bits per heavy atom. The molecule has 0 amide bonds. The first-order chi connectivity index (χ1) is 26.9. The van der Waals surface area contributed by atoms with Gasteiger partial charge in [-0.25, -0.2) is 4.57 Å². The van der Waals surface area contributed by atoms with E-state index in [0.717, 1.165) is 77.0 Å². The molecule has 1 aliphatic carbocycles. The fraction of sp³-hybridized carbons (Fsp3) is 0.857. The molecule has 328 valence electrons. The number of phosphoric acid groups is 1. The highest BCUT2D eigenvalue weighted by atomic mass is 31.2. The van der Waals surface area contributed by atoms with Gasteiger partial charge in [-0.05, 0) is 64.2 Å². The van der Waals surface area contributed by atoms with Crippen molar-refractivity contribution >= 4 is 19.8 Å². The minimum absolute atomic E-state index is 0.0864. The van der Waals surface area contributed by atoms with E-state index in [0.29, 0.717) is 12.8 Å². The maximum Gasteiger partial charge on any atom is 0.472 e. The SMILES string of the molecule is CCCCC/C=C\CCCCCCCC(=O)OCC(COP(=O)(O)OC1C(O)C(O)C(O)C(O)C1O)OC(=O)CCCCCCC/C=C\CCCCCCCC. The van der Waals surface area contributed by atoms with Crippen LogP contribution >= 0.6 is 7.82 Å². The molecule has 0 spiro atoms. The first kappa shape index (κ1) is 52.3. The summed E-state index contributed by atoms with van der Waals surface area (Å²) in [7, 11) is -5.11. The number of hydrogen-bond acceptors (Lipinski definition) is 12. The number of unbranched alkanes of at least 4 members (excludes halogenated alkanes) is 19. The number of carbonyl (C=O) groups excluding carboxylic acids is 2. The van der Waals surface area contributed by atoms with Gasteiger partial charge in [-0.15, -0.1) is 0 Å². The Hall–Kier alpha value is -1.67. The van der Waals surface area contributed by atoms with Crippen LogP contribution in [0.25, 0.3) is 0 Å². The van der Waals surface area contributed by atoms with Gasteiger partial charge in [0.2, 0.25) is 0 Å². The monoisotopic (exact) mass is 821 g/mol. The second-order valence-electron chi connectivity index (χ2n) is 15.2. The molecule has 0 saturated heterocycles. The molecular formula is C42H77O13P. The van der Waals surface area contributed by atoms with Crippen molar-refractivity contribution in [2.75, 3.05) is 13.2 Å². The van der Waals surface area contributed by atoms with Crippen molar-refractivity contribution in [3.8, 4) is 0 Å². The van der Waals surface area contributed by atoms with Gasteiger partial charge in [-0.2, -0.15) is 0 Å². The van der Waals surface area contributed by atoms with Gasteiger partial charge in [-0.1, -0.05) is 122 Å². The molecule has 1 aliphatic rings. The standard InChI is InChI=1S/C42H77O13P/c1-3-5-7-9-11-13-15-17-18-19-21-23-25-27-29-31-36(44)54-34(32-52-35(43)30-28-26-24-22-20-16-14-12-10-8-6-4-2)33-53-56(50,51)55-42-40(48)38(46)37(45)39(47)41(42)49/h12,14,17-18,34,37-42,45-49H,3-11,13,15-16,19-33H2,1-2H3,(H,50,51)/b14-12-,18-17-. The van der Waals surface area contributed by atoms with Crippen LogP contribution in [0.15, 0.2) is 24.3 Å². The fourth-order valence-electron chi connectivity index (χ4n) is 6.45. The smallest absolute Gasteiger partial charge is 0.462 e. The molecule has 6 unspecified atom stereocenters. The zero-order valence-corrected chi connectivity index (χ0v) is 35.3. The summed E-state index contributed by atoms with van der Waals surface area (Å²) in [4.78, 5) is 35.6. The number of aliphatic hydroxyl groups is 5. The average molecular weight is 821 g/mol. The van der Waals surface area contributed by atoms with Gasteiger partial charge in [0, 0.05) is 12.8 Å². The van der Waals surface area contributed by atoms with Gasteiger partial charge in [0.05, 0.1) is 6.61 Å². The summed E-state index contributed by atoms with van der Waals surface area (Å²) in [6, 6.07) is 0. The predicted octanol–water partition coefficient (Wildman–Crippen LogP) is 7.67. The molecule has 0 aliphatic heterocycles. The van der Waals surface area contributed by atoms with Crippen LogP contribution in [0.1, 0.15) is 174 Å². The molecule has 1 rings (SSSR count). The van der Waals surface area contributed by atoms with E-state index in [2.05, 4.69) is 38.2 Å². The van der Waals surface area contributed by atoms with E-state index in [-0.39, 0.29) is 12.8 Å². The van der Waals surface area contributed by atoms with Gasteiger partial charge in [0.25, 0.3) is 0 Å². The van der Waals surface area contributed by atoms with Gasteiger partial charge in [0.1, 0.15) is 43.2 Å². The molecule has 0 aromatic heterocycles. The maximum atomic E-state index is 12.8. The number of hydrogen-bond donors (Lipinski definition) is 6. The molecule has 14 heteroatoms. The number of allylic oxidation sites excluding steroid dienone is 4. The molecule has 0 bridgehead atoms. The zero-order valence-electron chi connectivity index (χ0n) is 34.4. The molecule has 0 radical (unpaired) electrons. The Kier molecular flexibility index (Phi) is 31.0. The lowest BCUT2D eigenvalue weighted by Gasteiger charge is -2.41. The van der Waals surface area contributed by atoms with Crippen molar-refractivity contribution in [3.05, 3.63) is 24.3 Å². The lowest BCUT2D eigenvalue weighted by Crippen LogP contribution is -2.64. The first-order valence-corrected chi connectivity index (χ1v) is 23.1. The summed E-state index contributed by atoms with van der Waals surface area (Å²) >= 11 is 0. The zero-order chi connectivity index (χ0) is 41.4. The van der Waals surface area contributed by atoms with E-state index in [1.54, 1.807) is 0 Å². The van der Waals surface area contributed by atoms with Gasteiger partial charge < -0.3 is 39.9 Å². The lowest BCUT2D eigenvalue weighted by atomic mass is 9.85. The summed E-state index contributed by atoms with van der Waals surface area (Å²) in [5, 5.41) is 50.0. The highest BCUT2D eigenvalue weighted by Gasteiger charge is 2.51. The Bertz CT molecular complexity index is 1090. The molecule has 13 nitrogen and oxygen atoms in total. The second kappa shape index (κ2) is 33.2. The summed E-state index contributed by atoms with van der Waals surface area (Å²) < 4.78 is 33.4. The molecule has 0 heterocycles. The Morgan fingerprint density at radius 3 is 1.39 bits per heavy atom. The van der Waals surface area contributed by atoms with Crippen molar-refractivity contribution in [3.63, 3.8) is 0 Å². The van der Waals surface area contributed by atoms with E-state index in [1.165, 1.54) is 57.8 Å². The van der Waals surface area contributed by atoms with Crippen molar-refractivity contribution in [1.82, 2.24) is 0 Å². The number of carbonyl (C=O) groups is 2. The minimum Gasteiger partial charge on any atom is -0.462 e. The molecular weight excluding hydrogens is 743 g/mol. The molecule has 1 fully saturated rings. The van der Waals surface area contributed by atoms with Crippen LogP contribution < -0.4 is 0 Å². The van der Waals surface area contributed by atoms with Gasteiger partial charge >= 0.3 is 19.8 Å². The van der Waals surface area contributed by atoms with Crippen LogP contribution in [-0.4, -0.2) is 98.3 Å². The maximum absolute atomic E-state index is 12.8. The highest BCUT2D eigenvalue weighted by Crippen LogP contribution is 2.47. The van der Waals surface area contributed by atoms with E-state index < -0.39 is 75.7 Å². The van der Waals surface area contributed by atoms with Crippen LogP contribution in [0, 0.1) is 0 Å². The summed E-state index contributed by atoms with van der Waals surface area (Å²) in [6.07, 6.45) is 21.0. The van der Waals surface area contributed by atoms with E-state index >= 15 is 0 Å². The third-order valence-electron chi connectivity index (χ3n) is 10.0. The number of rotatable bonds is 35. The molecule has 6 atom stereocenters. The van der Waals surface area contributed by atoms with Crippen molar-refractivity contribution < 1.29 is 63.1 Å². The topological polar surface area (TPSA) is 210 Å². The van der Waals surface area contributed by atoms with Crippen molar-refractivity contribution in [2.24, 2.45) is 0 Å². The van der Waals surface area contributed by atoms with Crippen molar-refractivity contribution in [1.29, 1.82) is 0 Å². The number of ether oxygens (including phenoxy) is 2. The normalized spacial score (nSPS) is 23.1. The average Bonchev–Trinajstić information content (AvgIpc) is 3.18. The van der Waals surface area contributed by atoms with Crippen molar-refractivity contribution in [2.45, 2.75) is 217 Å². The molecule has 56 heavy (non-hydrogen) atoms. The van der Waals surface area contributed by atoms with E-state index in [9.17, 15) is 44.6 Å². The summed E-state index contributed by atoms with van der Waals surface area (Å²) in [5.74, 6) is -1.12. The quantitative estimate of drug-likeness (QED) is 0.0157. The summed E-state index contributed by atoms with van der Waals surface area (Å²) in [5.41, 5.74) is 0. The minimum atomic E-state index is -5.11. The van der Waals surface area contributed by atoms with Crippen LogP contribution in [0.5, 0.6) is 0 Å². The Balaban J connectivity index is 2.51. The third-order valence-corrected chi connectivity index (χ3v) is 11.0. The molecule has 0 aromatic rings. The van der Waals surface area contributed by atoms with E-state index in [4.69, 9.17) is 18.5 Å². The number of esters is 2. The van der Waals surface area contributed by atoms with Gasteiger partial charge in [0.15, 0.2) is 6.10 Å². The lowest BCUT2D eigenvalue weighted by molar-refractivity contribution is -0.220. The molecule has 0 aromatic carbocycles. The highest BCUT2D eigenvalue weighted by molar-refractivity contribution is 7.47. The number of aliphatic hydroxyl groups excluding tert-OH is 5. The number of phosphoric ester groups is 1. The fourth-order valence-corrected chi connectivity index (χ4v) is 7.42. The van der Waals surface area contributed by atoms with Crippen LogP contribution in [-0.2, 0) is 32.7 Å². The van der Waals surface area contributed by atoms with Crippen LogP contribution in [0.2, 0.25) is 0 Å². The second-order valence-corrected chi connectivity index (χ2v) is 16.6. The van der Waals surface area contributed by atoms with Crippen LogP contribution in [0.4, 0.5) is 0 Å². The third kappa shape index (κ3) is 25.6. The Morgan fingerprint density at radius 2 is 0.911 bits per heavy atom. The van der Waals surface area contributed by atoms with E-state index in [1.807, 2.05) is 0 Å². The molecule has 1 saturated carbocycles. The van der Waals surface area contributed by atoms with Crippen LogP contribution in [0.3, 0.4) is 0 Å². The van der Waals surface area contributed by atoms with Gasteiger partial charge in [-0.3, -0.25) is 18.6 Å². The summed E-state index contributed by atoms with van der Waals surface area (Å²) in [6.45, 7) is 3.24. The largest absolute Gasteiger partial charge is 0.472 e. The molecule has 6 N–H and O–H groups in total.